The van der Waals surface area contributed by atoms with E-state index in [1.54, 1.807) is 17.6 Å². The number of aryl methyl sites for hydroxylation is 2. The molecule has 6 N–H and O–H groups in total. The summed E-state index contributed by atoms with van der Waals surface area (Å²) in [6.07, 6.45) is 1.12. The molecular formula is C27H31FN4O6. The molecule has 1 aromatic carbocycles. The summed E-state index contributed by atoms with van der Waals surface area (Å²) in [6, 6.07) is 2.22. The summed E-state index contributed by atoms with van der Waals surface area (Å²) < 4.78 is 21.1. The van der Waals surface area contributed by atoms with Crippen molar-refractivity contribution in [1.82, 2.24) is 9.55 Å². The zero-order valence-electron chi connectivity index (χ0n) is 21.5. The summed E-state index contributed by atoms with van der Waals surface area (Å²) in [7, 11) is 0. The lowest BCUT2D eigenvalue weighted by molar-refractivity contribution is -0.157. The van der Waals surface area contributed by atoms with Gasteiger partial charge < -0.3 is 31.0 Å². The average molecular weight is 527 g/mol. The van der Waals surface area contributed by atoms with E-state index in [1.165, 1.54) is 6.07 Å². The van der Waals surface area contributed by atoms with Crippen molar-refractivity contribution in [3.05, 3.63) is 61.7 Å². The fraction of sp³-hybridized carbons (Fsp3) is 0.407. The molecule has 3 aliphatic rings. The van der Waals surface area contributed by atoms with Gasteiger partial charge in [-0.1, -0.05) is 13.8 Å². The molecule has 6 rings (SSSR count). The monoisotopic (exact) mass is 526 g/mol. The molecule has 38 heavy (non-hydrogen) atoms. The number of nitrogens with two attached hydrogens (primary N) is 2. The Labute approximate surface area is 218 Å². The lowest BCUT2D eigenvalue weighted by Crippen LogP contribution is -2.39. The highest BCUT2D eigenvalue weighted by Gasteiger charge is 2.35. The van der Waals surface area contributed by atoms with Crippen LogP contribution in [0.3, 0.4) is 0 Å². The molecule has 11 heteroatoms. The Balaban J connectivity index is 0.000000328. The number of hydrogen-bond acceptors (Lipinski definition) is 8. The number of nitrogens with zero attached hydrogens (tertiary/aromatic N) is 2. The Kier molecular flexibility index (Phi) is 7.63. The number of pyridine rings is 2. The van der Waals surface area contributed by atoms with Crippen LogP contribution in [0, 0.1) is 12.7 Å². The van der Waals surface area contributed by atoms with Gasteiger partial charge in [0.2, 0.25) is 5.91 Å². The first-order chi connectivity index (χ1) is 18.1. The molecule has 0 saturated carbocycles. The first kappa shape index (κ1) is 27.4. The van der Waals surface area contributed by atoms with E-state index in [4.69, 9.17) is 20.6 Å². The van der Waals surface area contributed by atoms with Gasteiger partial charge in [0, 0.05) is 22.6 Å². The number of aromatic nitrogens is 2. The molecule has 0 radical (unpaired) electrons. The standard InChI is InChI=1S/C22H17FN2O4.C3H8N2O2.C2H6/c1-9-10-3-2-4-11-13-7-25-17(19(13)24-16(18(10)11)6-15(9)23)5-12-14(21(25)27)8-29-22(28)20(12)26;4-2(1-6)3(5)7;1-2/h5-6,20,26H,2-4,7-8H2,1H3;2,6H,1,4H2,(H2,5,7);1-2H3. The quantitative estimate of drug-likeness (QED) is 0.283. The second-order valence-corrected chi connectivity index (χ2v) is 9.18. The van der Waals surface area contributed by atoms with Crippen LogP contribution < -0.4 is 17.0 Å². The number of cyclic esters (lactones) is 1. The van der Waals surface area contributed by atoms with Crippen LogP contribution in [0.5, 0.6) is 0 Å². The SMILES string of the molecule is CC.Cc1c(F)cc2nc3c(c4c2c1CCC4)Cn1c-3cc2c(c1=O)COC(=O)C2O.NC(=O)C(N)CO. The molecule has 4 heterocycles. The Bertz CT molecular complexity index is 1520. The third kappa shape index (κ3) is 4.36. The number of halogens is 1. The number of hydrogen-bond donors (Lipinski definition) is 4. The second kappa shape index (κ2) is 10.6. The molecular weight excluding hydrogens is 495 g/mol. The lowest BCUT2D eigenvalue weighted by Gasteiger charge is -2.22. The van der Waals surface area contributed by atoms with Crippen molar-refractivity contribution in [3.63, 3.8) is 0 Å². The van der Waals surface area contributed by atoms with Crippen molar-refractivity contribution in [3.8, 4) is 11.4 Å². The zero-order chi connectivity index (χ0) is 27.9. The van der Waals surface area contributed by atoms with E-state index in [1.807, 2.05) is 13.8 Å². The molecule has 2 aromatic heterocycles. The lowest BCUT2D eigenvalue weighted by atomic mass is 9.85. The van der Waals surface area contributed by atoms with Crippen LogP contribution in [-0.4, -0.2) is 44.3 Å². The van der Waals surface area contributed by atoms with Crippen LogP contribution in [0.15, 0.2) is 16.9 Å². The number of fused-ring (bicyclic) bond motifs is 5. The summed E-state index contributed by atoms with van der Waals surface area (Å²) in [5, 5.41) is 19.3. The number of amides is 1. The molecule has 1 amide bonds. The molecule has 0 spiro atoms. The smallest absolute Gasteiger partial charge is 0.340 e. The predicted molar refractivity (Wildman–Crippen MR) is 138 cm³/mol. The summed E-state index contributed by atoms with van der Waals surface area (Å²) in [5.74, 6) is -1.71. The number of aliphatic hydroxyl groups is 2. The Morgan fingerprint density at radius 2 is 1.89 bits per heavy atom. The number of esters is 1. The Morgan fingerprint density at radius 1 is 1.21 bits per heavy atom. The fourth-order valence-corrected chi connectivity index (χ4v) is 5.15. The molecule has 0 fully saturated rings. The molecule has 3 aromatic rings. The van der Waals surface area contributed by atoms with Crippen molar-refractivity contribution in [2.45, 2.75) is 65.3 Å². The number of benzene rings is 1. The first-order valence-corrected chi connectivity index (χ1v) is 12.5. The molecule has 10 nitrogen and oxygen atoms in total. The number of rotatable bonds is 2. The number of aliphatic hydroxyl groups excluding tert-OH is 2. The van der Waals surface area contributed by atoms with Gasteiger partial charge in [0.25, 0.3) is 5.56 Å². The third-order valence-electron chi connectivity index (χ3n) is 7.10. The molecule has 1 aliphatic carbocycles. The van der Waals surface area contributed by atoms with Crippen LogP contribution in [0.4, 0.5) is 4.39 Å². The van der Waals surface area contributed by atoms with Gasteiger partial charge in [-0.05, 0) is 48.9 Å². The van der Waals surface area contributed by atoms with Crippen LogP contribution in [0.2, 0.25) is 0 Å². The van der Waals surface area contributed by atoms with Gasteiger partial charge in [0.05, 0.1) is 35.6 Å². The van der Waals surface area contributed by atoms with Crippen LogP contribution >= 0.6 is 0 Å². The van der Waals surface area contributed by atoms with Crippen molar-refractivity contribution < 1.29 is 28.9 Å². The van der Waals surface area contributed by atoms with Crippen LogP contribution in [-0.2, 0) is 40.3 Å². The van der Waals surface area contributed by atoms with Gasteiger partial charge in [0.1, 0.15) is 18.5 Å². The topological polar surface area (TPSA) is 171 Å². The second-order valence-electron chi connectivity index (χ2n) is 9.18. The van der Waals surface area contributed by atoms with Crippen molar-refractivity contribution in [2.75, 3.05) is 6.61 Å². The minimum absolute atomic E-state index is 0.141. The van der Waals surface area contributed by atoms with Gasteiger partial charge in [0.15, 0.2) is 6.10 Å². The fourth-order valence-electron chi connectivity index (χ4n) is 5.15. The molecule has 2 aliphatic heterocycles. The van der Waals surface area contributed by atoms with Crippen LogP contribution in [0.25, 0.3) is 22.3 Å². The maximum absolute atomic E-state index is 14.5. The number of carbonyl (C=O) groups is 2. The minimum atomic E-state index is -1.48. The van der Waals surface area contributed by atoms with E-state index in [0.717, 1.165) is 41.3 Å². The van der Waals surface area contributed by atoms with E-state index in [0.29, 0.717) is 34.6 Å². The Hall–Kier alpha value is -3.67. The van der Waals surface area contributed by atoms with Gasteiger partial charge in [-0.25, -0.2) is 14.2 Å². The molecule has 2 unspecified atom stereocenters. The maximum Gasteiger partial charge on any atom is 0.340 e. The predicted octanol–water partition coefficient (Wildman–Crippen LogP) is 1.27. The van der Waals surface area contributed by atoms with Crippen molar-refractivity contribution in [1.29, 1.82) is 0 Å². The van der Waals surface area contributed by atoms with E-state index < -0.39 is 24.0 Å². The highest BCUT2D eigenvalue weighted by atomic mass is 19.1. The highest BCUT2D eigenvalue weighted by Crippen LogP contribution is 2.41. The zero-order valence-corrected chi connectivity index (χ0v) is 21.5. The van der Waals surface area contributed by atoms with Gasteiger partial charge >= 0.3 is 5.97 Å². The van der Waals surface area contributed by atoms with E-state index >= 15 is 0 Å². The number of ether oxygens (including phenoxy) is 1. The normalized spacial score (nSPS) is 17.1. The highest BCUT2D eigenvalue weighted by molar-refractivity contribution is 5.92. The van der Waals surface area contributed by atoms with Crippen molar-refractivity contribution in [2.24, 2.45) is 11.5 Å². The van der Waals surface area contributed by atoms with E-state index in [-0.39, 0.29) is 30.2 Å². The summed E-state index contributed by atoms with van der Waals surface area (Å²) in [6.45, 7) is 5.67. The molecule has 2 atom stereocenters. The summed E-state index contributed by atoms with van der Waals surface area (Å²) in [4.78, 5) is 39.5. The summed E-state index contributed by atoms with van der Waals surface area (Å²) >= 11 is 0. The number of carbonyl (C=O) groups excluding carboxylic acids is 2. The van der Waals surface area contributed by atoms with Gasteiger partial charge in [-0.3, -0.25) is 9.59 Å². The van der Waals surface area contributed by atoms with E-state index in [2.05, 4.69) is 5.73 Å². The average Bonchev–Trinajstić information content (AvgIpc) is 3.29. The Morgan fingerprint density at radius 3 is 2.53 bits per heavy atom. The molecule has 0 saturated heterocycles. The van der Waals surface area contributed by atoms with E-state index in [9.17, 15) is 23.9 Å². The largest absolute Gasteiger partial charge is 0.458 e. The van der Waals surface area contributed by atoms with Crippen molar-refractivity contribution >= 4 is 22.8 Å². The van der Waals surface area contributed by atoms with Crippen LogP contribution in [0.1, 0.15) is 59.8 Å². The molecule has 0 bridgehead atoms. The third-order valence-corrected chi connectivity index (χ3v) is 7.10. The first-order valence-electron chi connectivity index (χ1n) is 12.5. The van der Waals surface area contributed by atoms with Gasteiger partial charge in [-0.15, -0.1) is 0 Å². The summed E-state index contributed by atoms with van der Waals surface area (Å²) in [5.41, 5.74) is 15.4. The molecule has 202 valence electrons. The minimum Gasteiger partial charge on any atom is -0.458 e. The van der Waals surface area contributed by atoms with Gasteiger partial charge in [-0.2, -0.15) is 0 Å². The maximum atomic E-state index is 14.5. The number of primary amides is 1.